The van der Waals surface area contributed by atoms with Crippen LogP contribution in [0.1, 0.15) is 32.1 Å². The van der Waals surface area contributed by atoms with E-state index in [-0.39, 0.29) is 19.3 Å². The molecular formula is C10H18N2O5. The van der Waals surface area contributed by atoms with Gasteiger partial charge in [0.15, 0.2) is 0 Å². The second-order valence-corrected chi connectivity index (χ2v) is 3.64. The van der Waals surface area contributed by atoms with Gasteiger partial charge in [-0.05, 0) is 25.8 Å². The van der Waals surface area contributed by atoms with Gasteiger partial charge in [0.1, 0.15) is 6.04 Å². The van der Waals surface area contributed by atoms with E-state index < -0.39 is 23.9 Å². The second kappa shape index (κ2) is 8.51. The summed E-state index contributed by atoms with van der Waals surface area (Å²) in [5, 5.41) is 19.5. The topological polar surface area (TPSA) is 130 Å². The Bertz CT molecular complexity index is 280. The lowest BCUT2D eigenvalue weighted by molar-refractivity contribution is -0.143. The normalized spacial score (nSPS) is 11.8. The third kappa shape index (κ3) is 8.21. The fourth-order valence-corrected chi connectivity index (χ4v) is 1.22. The van der Waals surface area contributed by atoms with Crippen LogP contribution in [0.5, 0.6) is 0 Å². The molecular weight excluding hydrogens is 228 g/mol. The third-order valence-corrected chi connectivity index (χ3v) is 2.14. The van der Waals surface area contributed by atoms with E-state index in [1.807, 2.05) is 0 Å². The van der Waals surface area contributed by atoms with Crippen LogP contribution in [0.25, 0.3) is 0 Å². The van der Waals surface area contributed by atoms with Gasteiger partial charge < -0.3 is 21.3 Å². The van der Waals surface area contributed by atoms with Crippen molar-refractivity contribution in [2.75, 3.05) is 6.54 Å². The highest BCUT2D eigenvalue weighted by molar-refractivity contribution is 5.83. The summed E-state index contributed by atoms with van der Waals surface area (Å²) in [6.45, 7) is 0.481. The Morgan fingerprint density at radius 1 is 1.12 bits per heavy atom. The average Bonchev–Trinajstić information content (AvgIpc) is 2.23. The Balaban J connectivity index is 4.02. The fraction of sp³-hybridized carbons (Fsp3) is 0.700. The number of carboxylic acids is 2. The van der Waals surface area contributed by atoms with Gasteiger partial charge in [-0.25, -0.2) is 4.79 Å². The molecule has 0 rings (SSSR count). The number of nitrogens with two attached hydrogens (primary N) is 1. The predicted octanol–water partition coefficient (Wildman–Crippen LogP) is -0.450. The molecule has 7 nitrogen and oxygen atoms in total. The van der Waals surface area contributed by atoms with E-state index in [9.17, 15) is 14.4 Å². The van der Waals surface area contributed by atoms with Gasteiger partial charge in [-0.15, -0.1) is 0 Å². The Hall–Kier alpha value is -1.63. The molecule has 1 unspecified atom stereocenters. The number of hydrogen-bond acceptors (Lipinski definition) is 4. The molecule has 0 aromatic rings. The monoisotopic (exact) mass is 246 g/mol. The van der Waals surface area contributed by atoms with Crippen molar-refractivity contribution in [3.05, 3.63) is 0 Å². The Labute approximate surface area is 99.0 Å². The molecule has 0 aliphatic carbocycles. The van der Waals surface area contributed by atoms with Crippen molar-refractivity contribution in [2.24, 2.45) is 5.73 Å². The molecule has 0 fully saturated rings. The van der Waals surface area contributed by atoms with Crippen LogP contribution in [0.15, 0.2) is 0 Å². The van der Waals surface area contributed by atoms with E-state index in [0.717, 1.165) is 0 Å². The van der Waals surface area contributed by atoms with Gasteiger partial charge in [0.05, 0.1) is 0 Å². The molecule has 0 aromatic carbocycles. The lowest BCUT2D eigenvalue weighted by atomic mass is 10.1. The number of carboxylic acid groups (broad SMARTS) is 2. The molecule has 0 bridgehead atoms. The molecule has 1 amide bonds. The van der Waals surface area contributed by atoms with E-state index in [0.29, 0.717) is 19.4 Å². The molecule has 0 aliphatic heterocycles. The molecule has 0 saturated carbocycles. The number of aliphatic carboxylic acids is 2. The van der Waals surface area contributed by atoms with Crippen molar-refractivity contribution in [2.45, 2.75) is 38.1 Å². The van der Waals surface area contributed by atoms with Crippen LogP contribution in [0.3, 0.4) is 0 Å². The van der Waals surface area contributed by atoms with Gasteiger partial charge in [0.2, 0.25) is 5.91 Å². The summed E-state index contributed by atoms with van der Waals surface area (Å²) in [4.78, 5) is 32.4. The van der Waals surface area contributed by atoms with Crippen LogP contribution in [0, 0.1) is 0 Å². The molecule has 1 atom stereocenters. The minimum absolute atomic E-state index is 0.118. The van der Waals surface area contributed by atoms with Crippen molar-refractivity contribution >= 4 is 17.8 Å². The van der Waals surface area contributed by atoms with Gasteiger partial charge in [-0.2, -0.15) is 0 Å². The average molecular weight is 246 g/mol. The van der Waals surface area contributed by atoms with E-state index >= 15 is 0 Å². The molecule has 17 heavy (non-hydrogen) atoms. The number of carbonyl (C=O) groups is 3. The summed E-state index contributed by atoms with van der Waals surface area (Å²) in [6, 6.07) is -1.14. The highest BCUT2D eigenvalue weighted by Crippen LogP contribution is 2.00. The summed E-state index contributed by atoms with van der Waals surface area (Å²) < 4.78 is 0. The maximum absolute atomic E-state index is 11.3. The van der Waals surface area contributed by atoms with Crippen LogP contribution in [0.2, 0.25) is 0 Å². The first kappa shape index (κ1) is 15.4. The summed E-state index contributed by atoms with van der Waals surface area (Å²) >= 11 is 0. The fourth-order valence-electron chi connectivity index (χ4n) is 1.22. The van der Waals surface area contributed by atoms with E-state index in [4.69, 9.17) is 15.9 Å². The molecule has 0 aliphatic rings. The number of nitrogens with one attached hydrogen (secondary N) is 1. The van der Waals surface area contributed by atoms with Gasteiger partial charge in [-0.3, -0.25) is 9.59 Å². The van der Waals surface area contributed by atoms with Crippen LogP contribution in [-0.2, 0) is 14.4 Å². The van der Waals surface area contributed by atoms with Gasteiger partial charge in [0, 0.05) is 12.8 Å². The van der Waals surface area contributed by atoms with E-state index in [1.165, 1.54) is 0 Å². The predicted molar refractivity (Wildman–Crippen MR) is 59.3 cm³/mol. The molecule has 0 radical (unpaired) electrons. The lowest BCUT2D eigenvalue weighted by Crippen LogP contribution is -2.41. The smallest absolute Gasteiger partial charge is 0.326 e. The second-order valence-electron chi connectivity index (χ2n) is 3.64. The molecule has 0 spiro atoms. The van der Waals surface area contributed by atoms with Gasteiger partial charge >= 0.3 is 11.9 Å². The quantitative estimate of drug-likeness (QED) is 0.408. The minimum Gasteiger partial charge on any atom is -0.481 e. The highest BCUT2D eigenvalue weighted by Gasteiger charge is 2.20. The van der Waals surface area contributed by atoms with Crippen molar-refractivity contribution < 1.29 is 24.6 Å². The molecule has 0 saturated heterocycles. The lowest BCUT2D eigenvalue weighted by Gasteiger charge is -2.13. The summed E-state index contributed by atoms with van der Waals surface area (Å²) in [5.41, 5.74) is 5.25. The molecule has 7 heteroatoms. The van der Waals surface area contributed by atoms with Gasteiger partial charge in [-0.1, -0.05) is 0 Å². The molecule has 98 valence electrons. The Morgan fingerprint density at radius 3 is 2.24 bits per heavy atom. The third-order valence-electron chi connectivity index (χ3n) is 2.14. The van der Waals surface area contributed by atoms with Gasteiger partial charge in [0.25, 0.3) is 0 Å². The number of amides is 1. The maximum Gasteiger partial charge on any atom is 0.326 e. The zero-order valence-electron chi connectivity index (χ0n) is 9.52. The van der Waals surface area contributed by atoms with E-state index in [1.54, 1.807) is 0 Å². The van der Waals surface area contributed by atoms with Crippen LogP contribution < -0.4 is 11.1 Å². The first-order valence-corrected chi connectivity index (χ1v) is 5.41. The van der Waals surface area contributed by atoms with Crippen molar-refractivity contribution in [3.63, 3.8) is 0 Å². The Kier molecular flexibility index (Phi) is 7.70. The number of hydrogen-bond donors (Lipinski definition) is 4. The summed E-state index contributed by atoms with van der Waals surface area (Å²) in [5.74, 6) is -2.71. The Morgan fingerprint density at radius 2 is 1.76 bits per heavy atom. The number of unbranched alkanes of at least 4 members (excludes halogenated alkanes) is 1. The van der Waals surface area contributed by atoms with Crippen LogP contribution >= 0.6 is 0 Å². The zero-order chi connectivity index (χ0) is 13.3. The SMILES string of the molecule is NCCCCC(=O)NC(CCC(=O)O)C(=O)O. The first-order valence-electron chi connectivity index (χ1n) is 5.41. The number of rotatable bonds is 9. The highest BCUT2D eigenvalue weighted by atomic mass is 16.4. The minimum atomic E-state index is -1.22. The largest absolute Gasteiger partial charge is 0.481 e. The summed E-state index contributed by atoms with van der Waals surface area (Å²) in [7, 11) is 0. The number of carbonyl (C=O) groups excluding carboxylic acids is 1. The molecule has 5 N–H and O–H groups in total. The zero-order valence-corrected chi connectivity index (χ0v) is 9.52. The standard InChI is InChI=1S/C10H18N2O5/c11-6-2-1-3-8(13)12-7(10(16)17)4-5-9(14)15/h7H,1-6,11H2,(H,12,13)(H,14,15)(H,16,17). The van der Waals surface area contributed by atoms with Crippen molar-refractivity contribution in [1.82, 2.24) is 5.32 Å². The molecule has 0 aromatic heterocycles. The van der Waals surface area contributed by atoms with Crippen LogP contribution in [-0.4, -0.2) is 40.6 Å². The van der Waals surface area contributed by atoms with Crippen molar-refractivity contribution in [3.8, 4) is 0 Å². The van der Waals surface area contributed by atoms with Crippen LogP contribution in [0.4, 0.5) is 0 Å². The first-order chi connectivity index (χ1) is 7.97. The van der Waals surface area contributed by atoms with E-state index in [2.05, 4.69) is 5.32 Å². The summed E-state index contributed by atoms with van der Waals surface area (Å²) in [6.07, 6.45) is 1.08. The molecule has 0 heterocycles. The maximum atomic E-state index is 11.3. The van der Waals surface area contributed by atoms with Crippen molar-refractivity contribution in [1.29, 1.82) is 0 Å².